The average Bonchev–Trinajstić information content (AvgIpc) is 3.06. The predicted octanol–water partition coefficient (Wildman–Crippen LogP) is 2.00. The van der Waals surface area contributed by atoms with E-state index in [9.17, 15) is 5.11 Å². The van der Waals surface area contributed by atoms with Crippen LogP contribution in [-0.4, -0.2) is 47.8 Å². The quantitative estimate of drug-likeness (QED) is 0.650. The Hall–Kier alpha value is -0.120. The number of likely N-dealkylation sites (tertiary alicyclic amines) is 1. The van der Waals surface area contributed by atoms with Crippen molar-refractivity contribution in [2.75, 3.05) is 26.2 Å². The van der Waals surface area contributed by atoms with Crippen molar-refractivity contribution in [3.8, 4) is 0 Å². The van der Waals surface area contributed by atoms with Gasteiger partial charge < -0.3 is 15.3 Å². The van der Waals surface area contributed by atoms with Crippen LogP contribution in [0.1, 0.15) is 52.4 Å². The van der Waals surface area contributed by atoms with Gasteiger partial charge in [0.05, 0.1) is 6.61 Å². The second kappa shape index (κ2) is 6.36. The van der Waals surface area contributed by atoms with Gasteiger partial charge in [-0.05, 0) is 58.0 Å². The molecule has 2 aliphatic rings. The zero-order valence-corrected chi connectivity index (χ0v) is 12.1. The van der Waals surface area contributed by atoms with E-state index in [1.54, 1.807) is 0 Å². The summed E-state index contributed by atoms with van der Waals surface area (Å²) < 4.78 is 0. The number of nitrogens with one attached hydrogen (secondary N) is 1. The summed E-state index contributed by atoms with van der Waals surface area (Å²) in [6.07, 6.45) is 7.56. The molecule has 1 heterocycles. The van der Waals surface area contributed by atoms with Gasteiger partial charge in [-0.1, -0.05) is 13.3 Å². The van der Waals surface area contributed by atoms with Crippen molar-refractivity contribution in [1.29, 1.82) is 0 Å². The van der Waals surface area contributed by atoms with Crippen molar-refractivity contribution in [2.45, 2.75) is 64.0 Å². The molecule has 2 atom stereocenters. The Morgan fingerprint density at radius 1 is 1.28 bits per heavy atom. The number of unbranched alkanes of at least 4 members (excludes halogenated alkanes) is 1. The Morgan fingerprint density at radius 2 is 2.06 bits per heavy atom. The summed E-state index contributed by atoms with van der Waals surface area (Å²) in [6, 6.07) is 0.682. The fourth-order valence-electron chi connectivity index (χ4n) is 3.00. The van der Waals surface area contributed by atoms with Crippen LogP contribution in [0.5, 0.6) is 0 Å². The SMILES string of the molecule is CC1CCN(CCCCC(C)(CO)NC2CC2)C1. The van der Waals surface area contributed by atoms with Gasteiger partial charge >= 0.3 is 0 Å². The van der Waals surface area contributed by atoms with Crippen molar-refractivity contribution >= 4 is 0 Å². The minimum atomic E-state index is -0.0422. The highest BCUT2D eigenvalue weighted by atomic mass is 16.3. The van der Waals surface area contributed by atoms with E-state index in [0.717, 1.165) is 12.3 Å². The first-order chi connectivity index (χ1) is 8.61. The lowest BCUT2D eigenvalue weighted by atomic mass is 9.95. The molecule has 3 nitrogen and oxygen atoms in total. The van der Waals surface area contributed by atoms with Gasteiger partial charge in [-0.25, -0.2) is 0 Å². The minimum Gasteiger partial charge on any atom is -0.394 e. The van der Waals surface area contributed by atoms with E-state index in [1.165, 1.54) is 51.7 Å². The maximum Gasteiger partial charge on any atom is 0.0610 e. The third kappa shape index (κ3) is 4.52. The van der Waals surface area contributed by atoms with Crippen molar-refractivity contribution < 1.29 is 5.11 Å². The summed E-state index contributed by atoms with van der Waals surface area (Å²) in [4.78, 5) is 2.59. The largest absolute Gasteiger partial charge is 0.394 e. The first-order valence-corrected chi connectivity index (χ1v) is 7.72. The Morgan fingerprint density at radius 3 is 2.61 bits per heavy atom. The van der Waals surface area contributed by atoms with E-state index in [4.69, 9.17) is 0 Å². The van der Waals surface area contributed by atoms with E-state index in [1.807, 2.05) is 0 Å². The molecular formula is C15H30N2O. The first-order valence-electron chi connectivity index (χ1n) is 7.72. The lowest BCUT2D eigenvalue weighted by molar-refractivity contribution is 0.159. The highest BCUT2D eigenvalue weighted by molar-refractivity contribution is 4.92. The van der Waals surface area contributed by atoms with Crippen LogP contribution in [0.15, 0.2) is 0 Å². The van der Waals surface area contributed by atoms with E-state index in [2.05, 4.69) is 24.1 Å². The molecule has 2 unspecified atom stereocenters. The van der Waals surface area contributed by atoms with Crippen molar-refractivity contribution in [3.63, 3.8) is 0 Å². The number of rotatable bonds is 8. The predicted molar refractivity (Wildman–Crippen MR) is 75.7 cm³/mol. The van der Waals surface area contributed by atoms with Crippen LogP contribution in [0, 0.1) is 5.92 Å². The molecule has 0 amide bonds. The third-order valence-electron chi connectivity index (χ3n) is 4.44. The number of hydrogen-bond donors (Lipinski definition) is 2. The lowest BCUT2D eigenvalue weighted by Gasteiger charge is -2.29. The monoisotopic (exact) mass is 254 g/mol. The summed E-state index contributed by atoms with van der Waals surface area (Å²) >= 11 is 0. The van der Waals surface area contributed by atoms with Gasteiger partial charge in [0, 0.05) is 18.1 Å². The van der Waals surface area contributed by atoms with Crippen molar-refractivity contribution in [1.82, 2.24) is 10.2 Å². The molecule has 0 aromatic rings. The second-order valence-electron chi connectivity index (χ2n) is 6.79. The molecule has 18 heavy (non-hydrogen) atoms. The molecule has 1 saturated carbocycles. The van der Waals surface area contributed by atoms with Gasteiger partial charge in [0.15, 0.2) is 0 Å². The van der Waals surface area contributed by atoms with Crippen LogP contribution in [-0.2, 0) is 0 Å². The summed E-state index contributed by atoms with van der Waals surface area (Å²) in [5.41, 5.74) is -0.0422. The lowest BCUT2D eigenvalue weighted by Crippen LogP contribution is -2.46. The third-order valence-corrected chi connectivity index (χ3v) is 4.44. The van der Waals surface area contributed by atoms with E-state index in [-0.39, 0.29) is 12.1 Å². The van der Waals surface area contributed by atoms with Gasteiger partial charge in [0.2, 0.25) is 0 Å². The smallest absolute Gasteiger partial charge is 0.0610 e. The van der Waals surface area contributed by atoms with Gasteiger partial charge in [-0.3, -0.25) is 0 Å². The highest BCUT2D eigenvalue weighted by Gasteiger charge is 2.31. The summed E-state index contributed by atoms with van der Waals surface area (Å²) in [5, 5.41) is 13.1. The zero-order valence-electron chi connectivity index (χ0n) is 12.1. The van der Waals surface area contributed by atoms with E-state index >= 15 is 0 Å². The molecule has 1 aliphatic carbocycles. The highest BCUT2D eigenvalue weighted by Crippen LogP contribution is 2.25. The molecule has 0 spiro atoms. The number of nitrogens with zero attached hydrogens (tertiary/aromatic N) is 1. The van der Waals surface area contributed by atoms with Gasteiger partial charge in [-0.2, -0.15) is 0 Å². The van der Waals surface area contributed by atoms with Crippen molar-refractivity contribution in [3.05, 3.63) is 0 Å². The first kappa shape index (κ1) is 14.3. The molecule has 2 fully saturated rings. The van der Waals surface area contributed by atoms with E-state index < -0.39 is 0 Å². The molecule has 0 radical (unpaired) electrons. The molecule has 0 aromatic carbocycles. The molecule has 1 aliphatic heterocycles. The van der Waals surface area contributed by atoms with Crippen LogP contribution < -0.4 is 5.32 Å². The van der Waals surface area contributed by atoms with Crippen LogP contribution in [0.2, 0.25) is 0 Å². The fraction of sp³-hybridized carbons (Fsp3) is 1.00. The van der Waals surface area contributed by atoms with Crippen LogP contribution in [0.4, 0.5) is 0 Å². The van der Waals surface area contributed by atoms with Crippen molar-refractivity contribution in [2.24, 2.45) is 5.92 Å². The normalized spacial score (nSPS) is 28.5. The number of aliphatic hydroxyl groups excluding tert-OH is 1. The maximum absolute atomic E-state index is 9.53. The fourth-order valence-corrected chi connectivity index (χ4v) is 3.00. The van der Waals surface area contributed by atoms with Gasteiger partial charge in [-0.15, -0.1) is 0 Å². The Labute approximate surface area is 112 Å². The van der Waals surface area contributed by atoms with Gasteiger partial charge in [0.1, 0.15) is 0 Å². The molecule has 2 N–H and O–H groups in total. The molecule has 106 valence electrons. The zero-order chi connectivity index (χ0) is 13.0. The molecule has 0 bridgehead atoms. The van der Waals surface area contributed by atoms with Gasteiger partial charge in [0.25, 0.3) is 0 Å². The molecule has 2 rings (SSSR count). The standard InChI is InChI=1S/C15H30N2O/c1-13-7-10-17(11-13)9-4-3-8-15(2,12-18)16-14-5-6-14/h13-14,16,18H,3-12H2,1-2H3. The molecule has 3 heteroatoms. The second-order valence-corrected chi connectivity index (χ2v) is 6.79. The summed E-state index contributed by atoms with van der Waals surface area (Å²) in [7, 11) is 0. The average molecular weight is 254 g/mol. The molecule has 1 saturated heterocycles. The number of aliphatic hydroxyl groups is 1. The van der Waals surface area contributed by atoms with Crippen LogP contribution in [0.3, 0.4) is 0 Å². The Kier molecular flexibility index (Phi) is 5.05. The summed E-state index contributed by atoms with van der Waals surface area (Å²) in [5.74, 6) is 0.893. The Balaban J connectivity index is 1.58. The number of hydrogen-bond acceptors (Lipinski definition) is 3. The Bertz CT molecular complexity index is 255. The summed E-state index contributed by atoms with van der Waals surface area (Å²) in [6.45, 7) is 8.61. The van der Waals surface area contributed by atoms with E-state index in [0.29, 0.717) is 6.04 Å². The van der Waals surface area contributed by atoms with Crippen LogP contribution in [0.25, 0.3) is 0 Å². The molecular weight excluding hydrogens is 224 g/mol. The maximum atomic E-state index is 9.53. The van der Waals surface area contributed by atoms with Crippen LogP contribution >= 0.6 is 0 Å². The molecule has 0 aromatic heterocycles. The topological polar surface area (TPSA) is 35.5 Å². The minimum absolute atomic E-state index is 0.0422.